The van der Waals surface area contributed by atoms with Gasteiger partial charge >= 0.3 is 0 Å². The number of aliphatic hydroxyl groups is 1. The molecule has 0 amide bonds. The minimum absolute atomic E-state index is 0.0105. The average molecular weight is 272 g/mol. The van der Waals surface area contributed by atoms with E-state index in [2.05, 4.69) is 27.7 Å². The van der Waals surface area contributed by atoms with Gasteiger partial charge in [-0.25, -0.2) is 0 Å². The van der Waals surface area contributed by atoms with E-state index in [0.29, 0.717) is 6.61 Å². The summed E-state index contributed by atoms with van der Waals surface area (Å²) in [5, 5.41) is 10.3. The molecular formula is C17H36O2. The first-order valence-corrected chi connectivity index (χ1v) is 8.23. The molecule has 0 aliphatic heterocycles. The zero-order valence-electron chi connectivity index (χ0n) is 13.9. The van der Waals surface area contributed by atoms with Gasteiger partial charge in [0.2, 0.25) is 0 Å². The molecule has 0 rings (SSSR count). The van der Waals surface area contributed by atoms with Gasteiger partial charge in [-0.2, -0.15) is 0 Å². The number of hydrogen-bond donors (Lipinski definition) is 1. The smallest absolute Gasteiger partial charge is 0.0881 e. The lowest BCUT2D eigenvalue weighted by molar-refractivity contribution is -0.0908. The van der Waals surface area contributed by atoms with E-state index >= 15 is 0 Å². The van der Waals surface area contributed by atoms with Crippen molar-refractivity contribution >= 4 is 0 Å². The molecule has 0 heterocycles. The first kappa shape index (κ1) is 18.9. The molecule has 0 saturated heterocycles. The first-order valence-electron chi connectivity index (χ1n) is 8.23. The zero-order valence-corrected chi connectivity index (χ0v) is 13.9. The van der Waals surface area contributed by atoms with Crippen LogP contribution in [0.15, 0.2) is 0 Å². The van der Waals surface area contributed by atoms with Crippen LogP contribution in [0, 0.1) is 5.41 Å². The van der Waals surface area contributed by atoms with Crippen LogP contribution in [0.1, 0.15) is 86.0 Å². The summed E-state index contributed by atoms with van der Waals surface area (Å²) >= 11 is 0. The van der Waals surface area contributed by atoms with Crippen LogP contribution in [-0.4, -0.2) is 23.9 Å². The van der Waals surface area contributed by atoms with Crippen molar-refractivity contribution in [1.82, 2.24) is 0 Å². The van der Waals surface area contributed by atoms with E-state index in [0.717, 1.165) is 12.8 Å². The summed E-state index contributed by atoms with van der Waals surface area (Å²) in [6.07, 6.45) is 9.54. The van der Waals surface area contributed by atoms with Crippen LogP contribution in [0.3, 0.4) is 0 Å². The third-order valence-electron chi connectivity index (χ3n) is 3.65. The van der Waals surface area contributed by atoms with E-state index in [1.165, 1.54) is 38.5 Å². The molecule has 19 heavy (non-hydrogen) atoms. The molecule has 2 nitrogen and oxygen atoms in total. The predicted octanol–water partition coefficient (Wildman–Crippen LogP) is 4.94. The highest BCUT2D eigenvalue weighted by molar-refractivity contribution is 4.81. The van der Waals surface area contributed by atoms with Crippen LogP contribution in [0.2, 0.25) is 0 Å². The van der Waals surface area contributed by atoms with Crippen LogP contribution in [0.5, 0.6) is 0 Å². The molecule has 0 spiro atoms. The molecule has 2 heteroatoms. The molecule has 0 aliphatic rings. The van der Waals surface area contributed by atoms with Crippen molar-refractivity contribution in [2.24, 2.45) is 5.41 Å². The summed E-state index contributed by atoms with van der Waals surface area (Å²) in [4.78, 5) is 0. The Morgan fingerprint density at radius 3 is 1.89 bits per heavy atom. The van der Waals surface area contributed by atoms with E-state index in [4.69, 9.17) is 4.74 Å². The molecule has 2 unspecified atom stereocenters. The first-order chi connectivity index (χ1) is 8.93. The van der Waals surface area contributed by atoms with Crippen LogP contribution < -0.4 is 0 Å². The van der Waals surface area contributed by atoms with E-state index in [1.54, 1.807) is 0 Å². The van der Waals surface area contributed by atoms with E-state index in [9.17, 15) is 5.11 Å². The number of aliphatic hydroxyl groups excluding tert-OH is 1. The van der Waals surface area contributed by atoms with Crippen LogP contribution in [0.25, 0.3) is 0 Å². The van der Waals surface area contributed by atoms with Gasteiger partial charge in [0.15, 0.2) is 0 Å². The zero-order chi connectivity index (χ0) is 14.7. The summed E-state index contributed by atoms with van der Waals surface area (Å²) in [5.41, 5.74) is 0.0105. The maximum atomic E-state index is 10.3. The summed E-state index contributed by atoms with van der Waals surface area (Å²) in [5.74, 6) is 0. The number of unbranched alkanes of at least 4 members (excludes halogenated alkanes) is 6. The molecule has 2 atom stereocenters. The largest absolute Gasteiger partial charge is 0.390 e. The minimum Gasteiger partial charge on any atom is -0.390 e. The van der Waals surface area contributed by atoms with Crippen molar-refractivity contribution in [2.75, 3.05) is 6.61 Å². The van der Waals surface area contributed by atoms with Gasteiger partial charge < -0.3 is 9.84 Å². The predicted molar refractivity (Wildman–Crippen MR) is 83.5 cm³/mol. The Bertz CT molecular complexity index is 196. The SMILES string of the molecule is CCCCCCCCCC(O)C(OCC)C(C)(C)C. The van der Waals surface area contributed by atoms with E-state index in [1.807, 2.05) is 6.92 Å². The third-order valence-corrected chi connectivity index (χ3v) is 3.65. The second-order valence-electron chi connectivity index (χ2n) is 6.72. The number of ether oxygens (including phenoxy) is 1. The van der Waals surface area contributed by atoms with Crippen LogP contribution in [0.4, 0.5) is 0 Å². The molecule has 0 bridgehead atoms. The topological polar surface area (TPSA) is 29.5 Å². The third kappa shape index (κ3) is 9.45. The summed E-state index contributed by atoms with van der Waals surface area (Å²) < 4.78 is 5.73. The lowest BCUT2D eigenvalue weighted by Gasteiger charge is -2.34. The van der Waals surface area contributed by atoms with Crippen molar-refractivity contribution in [2.45, 2.75) is 98.2 Å². The molecule has 0 radical (unpaired) electrons. The second kappa shape index (κ2) is 10.7. The van der Waals surface area contributed by atoms with Crippen molar-refractivity contribution in [3.8, 4) is 0 Å². The Morgan fingerprint density at radius 1 is 0.895 bits per heavy atom. The quantitative estimate of drug-likeness (QED) is 0.540. The van der Waals surface area contributed by atoms with Gasteiger partial charge in [-0.3, -0.25) is 0 Å². The summed E-state index contributed by atoms with van der Waals surface area (Å²) in [7, 11) is 0. The molecule has 0 aliphatic carbocycles. The van der Waals surface area contributed by atoms with Crippen molar-refractivity contribution in [1.29, 1.82) is 0 Å². The van der Waals surface area contributed by atoms with Gasteiger partial charge in [0.1, 0.15) is 0 Å². The highest BCUT2D eigenvalue weighted by Gasteiger charge is 2.31. The fourth-order valence-corrected chi connectivity index (χ4v) is 2.58. The maximum absolute atomic E-state index is 10.3. The lowest BCUT2D eigenvalue weighted by Crippen LogP contribution is -2.40. The van der Waals surface area contributed by atoms with Gasteiger partial charge in [0.05, 0.1) is 12.2 Å². The fourth-order valence-electron chi connectivity index (χ4n) is 2.58. The highest BCUT2D eigenvalue weighted by atomic mass is 16.5. The second-order valence-corrected chi connectivity index (χ2v) is 6.72. The maximum Gasteiger partial charge on any atom is 0.0881 e. The Hall–Kier alpha value is -0.0800. The molecule has 116 valence electrons. The molecule has 0 aromatic carbocycles. The Labute approximate surface area is 120 Å². The molecule has 1 N–H and O–H groups in total. The van der Waals surface area contributed by atoms with Gasteiger partial charge in [-0.15, -0.1) is 0 Å². The molecule has 0 aromatic rings. The van der Waals surface area contributed by atoms with Gasteiger partial charge in [-0.1, -0.05) is 72.6 Å². The lowest BCUT2D eigenvalue weighted by atomic mass is 9.84. The Balaban J connectivity index is 3.78. The summed E-state index contributed by atoms with van der Waals surface area (Å²) in [6.45, 7) is 11.3. The average Bonchev–Trinajstić information content (AvgIpc) is 2.33. The summed E-state index contributed by atoms with van der Waals surface area (Å²) in [6, 6.07) is 0. The number of rotatable bonds is 11. The van der Waals surface area contributed by atoms with E-state index < -0.39 is 0 Å². The van der Waals surface area contributed by atoms with Crippen molar-refractivity contribution < 1.29 is 9.84 Å². The van der Waals surface area contributed by atoms with Gasteiger partial charge in [0.25, 0.3) is 0 Å². The number of hydrogen-bond acceptors (Lipinski definition) is 2. The standard InChI is InChI=1S/C17H36O2/c1-6-8-9-10-11-12-13-14-15(18)16(19-7-2)17(3,4)5/h15-16,18H,6-14H2,1-5H3. The van der Waals surface area contributed by atoms with E-state index in [-0.39, 0.29) is 17.6 Å². The van der Waals surface area contributed by atoms with Crippen LogP contribution in [-0.2, 0) is 4.74 Å². The Morgan fingerprint density at radius 2 is 1.42 bits per heavy atom. The van der Waals surface area contributed by atoms with Crippen LogP contribution >= 0.6 is 0 Å². The fraction of sp³-hybridized carbons (Fsp3) is 1.00. The molecule has 0 fully saturated rings. The van der Waals surface area contributed by atoms with Crippen molar-refractivity contribution in [3.63, 3.8) is 0 Å². The molecule has 0 aromatic heterocycles. The van der Waals surface area contributed by atoms with Gasteiger partial charge in [0, 0.05) is 6.61 Å². The Kier molecular flexibility index (Phi) is 10.6. The van der Waals surface area contributed by atoms with Crippen molar-refractivity contribution in [3.05, 3.63) is 0 Å². The highest BCUT2D eigenvalue weighted by Crippen LogP contribution is 2.27. The van der Waals surface area contributed by atoms with Gasteiger partial charge in [-0.05, 0) is 18.8 Å². The normalized spacial score (nSPS) is 15.5. The minimum atomic E-state index is -0.324. The molecule has 0 saturated carbocycles. The molecular weight excluding hydrogens is 236 g/mol. The monoisotopic (exact) mass is 272 g/mol.